The Morgan fingerprint density at radius 2 is 1.72 bits per heavy atom. The molecular formula is C21H23NO3. The van der Waals surface area contributed by atoms with Crippen LogP contribution in [0.1, 0.15) is 29.3 Å². The number of para-hydroxylation sites is 2. The lowest BCUT2D eigenvalue weighted by Crippen LogP contribution is -2.13. The number of nitrogens with one attached hydrogen (secondary N) is 1. The topological polar surface area (TPSA) is 51.3 Å². The summed E-state index contributed by atoms with van der Waals surface area (Å²) >= 11 is 0. The third-order valence-electron chi connectivity index (χ3n) is 4.64. The van der Waals surface area contributed by atoms with Crippen LogP contribution in [0.15, 0.2) is 35.1 Å². The molecule has 3 aromatic rings. The SMILES string of the molecule is CCc1[nH]c2cc(C)c(Oc3ccccc3OC)c(C)c2c(=O)c1C. The summed E-state index contributed by atoms with van der Waals surface area (Å²) in [6.45, 7) is 7.83. The first-order chi connectivity index (χ1) is 12.0. The highest BCUT2D eigenvalue weighted by atomic mass is 16.5. The van der Waals surface area contributed by atoms with E-state index in [-0.39, 0.29) is 5.43 Å². The molecule has 0 aliphatic rings. The molecule has 0 aliphatic carbocycles. The Bertz CT molecular complexity index is 1000. The van der Waals surface area contributed by atoms with E-state index in [2.05, 4.69) is 4.98 Å². The number of fused-ring (bicyclic) bond motifs is 1. The summed E-state index contributed by atoms with van der Waals surface area (Å²) < 4.78 is 11.5. The quantitative estimate of drug-likeness (QED) is 0.743. The van der Waals surface area contributed by atoms with Gasteiger partial charge in [0.2, 0.25) is 0 Å². The smallest absolute Gasteiger partial charge is 0.192 e. The van der Waals surface area contributed by atoms with Crippen molar-refractivity contribution < 1.29 is 9.47 Å². The Labute approximate surface area is 147 Å². The van der Waals surface area contributed by atoms with Crippen LogP contribution in [0.2, 0.25) is 0 Å². The van der Waals surface area contributed by atoms with Crippen LogP contribution >= 0.6 is 0 Å². The van der Waals surface area contributed by atoms with Gasteiger partial charge in [0.25, 0.3) is 0 Å². The van der Waals surface area contributed by atoms with Crippen molar-refractivity contribution in [2.45, 2.75) is 34.1 Å². The van der Waals surface area contributed by atoms with E-state index in [0.717, 1.165) is 34.3 Å². The second-order valence-electron chi connectivity index (χ2n) is 6.23. The van der Waals surface area contributed by atoms with Gasteiger partial charge in [-0.1, -0.05) is 19.1 Å². The molecule has 1 aromatic heterocycles. The molecule has 25 heavy (non-hydrogen) atoms. The normalized spacial score (nSPS) is 10.9. The highest BCUT2D eigenvalue weighted by molar-refractivity contribution is 5.86. The van der Waals surface area contributed by atoms with E-state index in [1.165, 1.54) is 0 Å². The summed E-state index contributed by atoms with van der Waals surface area (Å²) in [4.78, 5) is 16.3. The molecule has 0 atom stereocenters. The largest absolute Gasteiger partial charge is 0.493 e. The number of aromatic nitrogens is 1. The number of hydrogen-bond donors (Lipinski definition) is 1. The molecule has 1 N–H and O–H groups in total. The molecule has 0 fully saturated rings. The minimum Gasteiger partial charge on any atom is -0.493 e. The molecule has 2 aromatic carbocycles. The number of rotatable bonds is 4. The highest BCUT2D eigenvalue weighted by Crippen LogP contribution is 2.36. The Morgan fingerprint density at radius 3 is 2.36 bits per heavy atom. The molecule has 130 valence electrons. The molecule has 0 unspecified atom stereocenters. The van der Waals surface area contributed by atoms with Gasteiger partial charge >= 0.3 is 0 Å². The van der Waals surface area contributed by atoms with Gasteiger partial charge in [0, 0.05) is 16.8 Å². The van der Waals surface area contributed by atoms with Crippen LogP contribution in [0.5, 0.6) is 17.2 Å². The number of hydrogen-bond acceptors (Lipinski definition) is 3. The number of benzene rings is 2. The number of methoxy groups -OCH3 is 1. The van der Waals surface area contributed by atoms with Crippen LogP contribution in [-0.2, 0) is 6.42 Å². The van der Waals surface area contributed by atoms with E-state index in [4.69, 9.17) is 9.47 Å². The second-order valence-corrected chi connectivity index (χ2v) is 6.23. The fourth-order valence-corrected chi connectivity index (χ4v) is 3.26. The van der Waals surface area contributed by atoms with Crippen molar-refractivity contribution in [1.82, 2.24) is 4.98 Å². The summed E-state index contributed by atoms with van der Waals surface area (Å²) in [5.74, 6) is 1.99. The van der Waals surface area contributed by atoms with Gasteiger partial charge in [0.15, 0.2) is 16.9 Å². The third-order valence-corrected chi connectivity index (χ3v) is 4.64. The van der Waals surface area contributed by atoms with Gasteiger partial charge in [0.1, 0.15) is 5.75 Å². The van der Waals surface area contributed by atoms with Gasteiger partial charge in [-0.15, -0.1) is 0 Å². The fourth-order valence-electron chi connectivity index (χ4n) is 3.26. The molecular weight excluding hydrogens is 314 g/mol. The summed E-state index contributed by atoms with van der Waals surface area (Å²) in [5.41, 5.74) is 4.48. The van der Waals surface area contributed by atoms with E-state index in [1.54, 1.807) is 7.11 Å². The Hall–Kier alpha value is -2.75. The molecule has 0 amide bonds. The maximum atomic E-state index is 12.9. The van der Waals surface area contributed by atoms with E-state index >= 15 is 0 Å². The average Bonchev–Trinajstić information content (AvgIpc) is 2.61. The van der Waals surface area contributed by atoms with Gasteiger partial charge < -0.3 is 14.5 Å². The third kappa shape index (κ3) is 2.88. The van der Waals surface area contributed by atoms with Gasteiger partial charge in [-0.25, -0.2) is 0 Å². The van der Waals surface area contributed by atoms with E-state index in [1.807, 2.05) is 58.0 Å². The molecule has 4 nitrogen and oxygen atoms in total. The number of aryl methyl sites for hydroxylation is 3. The lowest BCUT2D eigenvalue weighted by molar-refractivity contribution is 0.377. The monoisotopic (exact) mass is 337 g/mol. The second kappa shape index (κ2) is 6.63. The zero-order chi connectivity index (χ0) is 18.1. The van der Waals surface area contributed by atoms with Crippen molar-refractivity contribution in [2.75, 3.05) is 7.11 Å². The zero-order valence-electron chi connectivity index (χ0n) is 15.3. The van der Waals surface area contributed by atoms with Gasteiger partial charge in [-0.2, -0.15) is 0 Å². The maximum Gasteiger partial charge on any atom is 0.192 e. The number of pyridine rings is 1. The van der Waals surface area contributed by atoms with Crippen molar-refractivity contribution in [3.8, 4) is 17.2 Å². The highest BCUT2D eigenvalue weighted by Gasteiger charge is 2.16. The molecule has 0 spiro atoms. The predicted molar refractivity (Wildman–Crippen MR) is 101 cm³/mol. The first kappa shape index (κ1) is 17.1. The van der Waals surface area contributed by atoms with Crippen molar-refractivity contribution in [2.24, 2.45) is 0 Å². The van der Waals surface area contributed by atoms with E-state index in [9.17, 15) is 4.79 Å². The number of H-pyrrole nitrogens is 1. The molecule has 1 heterocycles. The summed E-state index contributed by atoms with van der Waals surface area (Å²) in [5, 5.41) is 0.685. The van der Waals surface area contributed by atoms with E-state index < -0.39 is 0 Å². The van der Waals surface area contributed by atoms with Crippen molar-refractivity contribution in [3.05, 3.63) is 62.9 Å². The van der Waals surface area contributed by atoms with Crippen LogP contribution in [0.4, 0.5) is 0 Å². The van der Waals surface area contributed by atoms with Gasteiger partial charge in [-0.3, -0.25) is 4.79 Å². The Kier molecular flexibility index (Phi) is 4.53. The van der Waals surface area contributed by atoms with Crippen molar-refractivity contribution in [1.29, 1.82) is 0 Å². The zero-order valence-corrected chi connectivity index (χ0v) is 15.3. The minimum atomic E-state index is 0.0629. The molecule has 0 aliphatic heterocycles. The maximum absolute atomic E-state index is 12.9. The summed E-state index contributed by atoms with van der Waals surface area (Å²) in [7, 11) is 1.61. The van der Waals surface area contributed by atoms with Crippen LogP contribution in [0.3, 0.4) is 0 Å². The molecule has 3 rings (SSSR count). The summed E-state index contributed by atoms with van der Waals surface area (Å²) in [6.07, 6.45) is 0.800. The lowest BCUT2D eigenvalue weighted by Gasteiger charge is -2.17. The first-order valence-corrected chi connectivity index (χ1v) is 8.44. The predicted octanol–water partition coefficient (Wildman–Crippen LogP) is 4.82. The fraction of sp³-hybridized carbons (Fsp3) is 0.286. The van der Waals surface area contributed by atoms with E-state index in [0.29, 0.717) is 22.6 Å². The lowest BCUT2D eigenvalue weighted by atomic mass is 10.0. The molecule has 0 saturated carbocycles. The van der Waals surface area contributed by atoms with Gasteiger partial charge in [-0.05, 0) is 51.0 Å². The van der Waals surface area contributed by atoms with Crippen LogP contribution in [-0.4, -0.2) is 12.1 Å². The molecule has 0 saturated heterocycles. The van der Waals surface area contributed by atoms with Crippen LogP contribution < -0.4 is 14.9 Å². The standard InChI is InChI=1S/C21H23NO3/c1-6-15-13(3)20(23)19-14(4)21(12(2)11-16(19)22-15)25-18-10-8-7-9-17(18)24-5/h7-11H,6H2,1-5H3,(H,22,23). The number of ether oxygens (including phenoxy) is 2. The van der Waals surface area contributed by atoms with Crippen LogP contribution in [0, 0.1) is 20.8 Å². The Balaban J connectivity index is 2.23. The van der Waals surface area contributed by atoms with Crippen molar-refractivity contribution >= 4 is 10.9 Å². The average molecular weight is 337 g/mol. The van der Waals surface area contributed by atoms with Crippen LogP contribution in [0.25, 0.3) is 10.9 Å². The van der Waals surface area contributed by atoms with Gasteiger partial charge in [0.05, 0.1) is 18.0 Å². The number of aromatic amines is 1. The first-order valence-electron chi connectivity index (χ1n) is 8.44. The Morgan fingerprint density at radius 1 is 1.04 bits per heavy atom. The molecule has 4 heteroatoms. The minimum absolute atomic E-state index is 0.0629. The molecule has 0 radical (unpaired) electrons. The van der Waals surface area contributed by atoms with Crippen molar-refractivity contribution in [3.63, 3.8) is 0 Å². The summed E-state index contributed by atoms with van der Waals surface area (Å²) in [6, 6.07) is 9.48. The molecule has 0 bridgehead atoms.